The standard InChI is InChI=1S/C37H50Cl2N8O2/c1-6-45-12-11-40-33(19-45)28(26-9-7-24(38)15-30(26)39)18-47-35(49)27-10-8-25(16-32(27)44-47)42-36(46-17-21(2)41-34(48)20-46)43-31-14-23-13-29(22(31)3)37(23,4)5/h7-10,15-16,21-23,28-29,31,33,40,44H,6,11-14,17-20H2,1-5H3,(H,41,48)(H,42,43)/t21?,22-,23-,28?,29?,31?,33?/m0/s1. The molecule has 7 atom stereocenters. The second kappa shape index (κ2) is 13.6. The molecule has 5 unspecified atom stereocenters. The van der Waals surface area contributed by atoms with Gasteiger partial charge in [-0.2, -0.15) is 0 Å². The third-order valence-electron chi connectivity index (χ3n) is 12.1. The number of carbonyl (C=O) groups excluding carboxylic acids is 1. The highest BCUT2D eigenvalue weighted by atomic mass is 35.5. The van der Waals surface area contributed by atoms with Crippen molar-refractivity contribution in [2.24, 2.45) is 28.2 Å². The van der Waals surface area contributed by atoms with Crippen LogP contribution in [0, 0.1) is 23.2 Å². The average Bonchev–Trinajstić information content (AvgIpc) is 3.37. The SMILES string of the molecule is CCN1CCNC(C(Cn2[nH]c3cc(NC(=NC4C[C@@H]5CC([C@@H]4C)C5(C)C)N4CC(=O)NC(C)C4)ccc3c2=O)c2ccc(Cl)cc2Cl)C1. The zero-order valence-corrected chi connectivity index (χ0v) is 30.7. The number of hydrogen-bond donors (Lipinski definition) is 4. The van der Waals surface area contributed by atoms with Crippen molar-refractivity contribution in [1.82, 2.24) is 30.2 Å². The molecule has 5 fully saturated rings. The number of amides is 1. The van der Waals surface area contributed by atoms with Gasteiger partial charge in [0.2, 0.25) is 5.91 Å². The summed E-state index contributed by atoms with van der Waals surface area (Å²) < 4.78 is 1.71. The largest absolute Gasteiger partial charge is 0.350 e. The third-order valence-corrected chi connectivity index (χ3v) is 12.7. The van der Waals surface area contributed by atoms with E-state index in [0.29, 0.717) is 51.7 Å². The molecular weight excluding hydrogens is 659 g/mol. The maximum atomic E-state index is 13.8. The van der Waals surface area contributed by atoms with Crippen LogP contribution in [0.1, 0.15) is 58.9 Å². The molecule has 2 aromatic carbocycles. The number of piperazine rings is 2. The number of likely N-dealkylation sites (N-methyl/N-ethyl adjacent to an activating group) is 1. The molecule has 12 heteroatoms. The number of halogens is 2. The number of aromatic nitrogens is 2. The summed E-state index contributed by atoms with van der Waals surface area (Å²) >= 11 is 13.1. The lowest BCUT2D eigenvalue weighted by atomic mass is 9.45. The van der Waals surface area contributed by atoms with Crippen LogP contribution in [0.4, 0.5) is 5.69 Å². The Kier molecular flexibility index (Phi) is 9.54. The minimum Gasteiger partial charge on any atom is -0.350 e. The lowest BCUT2D eigenvalue weighted by Crippen LogP contribution is -2.58. The number of H-pyrrole nitrogens is 1. The summed E-state index contributed by atoms with van der Waals surface area (Å²) in [5.41, 5.74) is 2.81. The van der Waals surface area contributed by atoms with Crippen molar-refractivity contribution in [3.05, 3.63) is 62.4 Å². The number of hydrogen-bond acceptors (Lipinski definition) is 5. The van der Waals surface area contributed by atoms with Crippen molar-refractivity contribution < 1.29 is 4.79 Å². The molecule has 4 N–H and O–H groups in total. The predicted octanol–water partition coefficient (Wildman–Crippen LogP) is 5.37. The Hall–Kier alpha value is -3.05. The first-order valence-electron chi connectivity index (χ1n) is 17.9. The van der Waals surface area contributed by atoms with Gasteiger partial charge in [-0.3, -0.25) is 19.4 Å². The number of carbonyl (C=O) groups is 1. The summed E-state index contributed by atoms with van der Waals surface area (Å²) in [7, 11) is 0. The van der Waals surface area contributed by atoms with E-state index in [1.54, 1.807) is 10.7 Å². The smallest absolute Gasteiger partial charge is 0.274 e. The maximum Gasteiger partial charge on any atom is 0.274 e. The minimum atomic E-state index is -0.0759. The molecule has 5 aliphatic rings. The first kappa shape index (κ1) is 34.4. The zero-order valence-electron chi connectivity index (χ0n) is 29.2. The molecule has 264 valence electrons. The van der Waals surface area contributed by atoms with Gasteiger partial charge in [0, 0.05) is 59.9 Å². The Morgan fingerprint density at radius 3 is 2.63 bits per heavy atom. The van der Waals surface area contributed by atoms with Crippen LogP contribution in [-0.4, -0.2) is 88.8 Å². The van der Waals surface area contributed by atoms with Crippen LogP contribution in [0.2, 0.25) is 10.0 Å². The van der Waals surface area contributed by atoms with Gasteiger partial charge in [0.15, 0.2) is 5.96 Å². The second-order valence-electron chi connectivity index (χ2n) is 15.5. The highest BCUT2D eigenvalue weighted by molar-refractivity contribution is 6.35. The van der Waals surface area contributed by atoms with E-state index in [0.717, 1.165) is 55.3 Å². The van der Waals surface area contributed by atoms with E-state index in [2.05, 4.69) is 58.5 Å². The number of fused-ring (bicyclic) bond motifs is 3. The highest BCUT2D eigenvalue weighted by Gasteiger charge is 2.56. The van der Waals surface area contributed by atoms with Gasteiger partial charge in [0.1, 0.15) is 0 Å². The molecule has 10 nitrogen and oxygen atoms in total. The molecule has 1 aromatic heterocycles. The van der Waals surface area contributed by atoms with Gasteiger partial charge < -0.3 is 25.8 Å². The number of rotatable bonds is 7. The van der Waals surface area contributed by atoms with Gasteiger partial charge in [-0.25, -0.2) is 4.99 Å². The highest BCUT2D eigenvalue weighted by Crippen LogP contribution is 2.61. The molecule has 2 aliphatic heterocycles. The first-order chi connectivity index (χ1) is 23.4. The van der Waals surface area contributed by atoms with E-state index < -0.39 is 0 Å². The van der Waals surface area contributed by atoms with Gasteiger partial charge in [0.05, 0.1) is 30.0 Å². The van der Waals surface area contributed by atoms with Crippen LogP contribution in [0.15, 0.2) is 46.2 Å². The molecule has 0 radical (unpaired) electrons. The molecule has 3 aliphatic carbocycles. The van der Waals surface area contributed by atoms with Crippen LogP contribution >= 0.6 is 23.2 Å². The van der Waals surface area contributed by atoms with Crippen molar-refractivity contribution in [2.75, 3.05) is 44.6 Å². The summed E-state index contributed by atoms with van der Waals surface area (Å²) in [5, 5.41) is 15.5. The molecule has 3 heterocycles. The Bertz CT molecular complexity index is 1800. The number of benzene rings is 2. The lowest BCUT2D eigenvalue weighted by molar-refractivity contribution is -0.124. The number of anilines is 1. The van der Waals surface area contributed by atoms with Gasteiger partial charge in [0.25, 0.3) is 5.56 Å². The molecule has 3 aromatic rings. The van der Waals surface area contributed by atoms with Gasteiger partial charge in [-0.05, 0) is 85.4 Å². The molecule has 8 rings (SSSR count). The van der Waals surface area contributed by atoms with E-state index >= 15 is 0 Å². The average molecular weight is 710 g/mol. The molecule has 1 amide bonds. The van der Waals surface area contributed by atoms with E-state index in [-0.39, 0.29) is 42.1 Å². The number of nitrogens with one attached hydrogen (secondary N) is 4. The molecule has 3 saturated carbocycles. The van der Waals surface area contributed by atoms with Gasteiger partial charge in [-0.15, -0.1) is 0 Å². The Labute approximate surface area is 299 Å². The second-order valence-corrected chi connectivity index (χ2v) is 16.3. The number of aromatic amines is 1. The quantitative estimate of drug-likeness (QED) is 0.194. The van der Waals surface area contributed by atoms with Gasteiger partial charge in [-0.1, -0.05) is 57.0 Å². The van der Waals surface area contributed by atoms with E-state index in [9.17, 15) is 9.59 Å². The minimum absolute atomic E-state index is 0.00404. The third kappa shape index (κ3) is 6.74. The number of nitrogens with zero attached hydrogens (tertiary/aromatic N) is 4. The van der Waals surface area contributed by atoms with E-state index in [1.165, 1.54) is 6.42 Å². The first-order valence-corrected chi connectivity index (χ1v) is 18.7. The van der Waals surface area contributed by atoms with Crippen LogP contribution in [-0.2, 0) is 11.3 Å². The summed E-state index contributed by atoms with van der Waals surface area (Å²) in [4.78, 5) is 36.3. The van der Waals surface area contributed by atoms with Crippen molar-refractivity contribution in [3.8, 4) is 0 Å². The molecule has 2 bridgehead atoms. The monoisotopic (exact) mass is 708 g/mol. The summed E-state index contributed by atoms with van der Waals surface area (Å²) in [6.07, 6.45) is 2.34. The zero-order chi connectivity index (χ0) is 34.6. The topological polar surface area (TPSA) is 110 Å². The fourth-order valence-corrected chi connectivity index (χ4v) is 9.63. The van der Waals surface area contributed by atoms with Crippen LogP contribution < -0.4 is 21.5 Å². The van der Waals surface area contributed by atoms with E-state index in [4.69, 9.17) is 28.2 Å². The van der Waals surface area contributed by atoms with Crippen LogP contribution in [0.3, 0.4) is 0 Å². The van der Waals surface area contributed by atoms with Crippen LogP contribution in [0.25, 0.3) is 10.9 Å². The summed E-state index contributed by atoms with van der Waals surface area (Å²) in [6.45, 7) is 16.4. The fourth-order valence-electron chi connectivity index (χ4n) is 9.08. The molecule has 2 saturated heterocycles. The maximum absolute atomic E-state index is 13.8. The van der Waals surface area contributed by atoms with Gasteiger partial charge >= 0.3 is 0 Å². The normalized spacial score (nSPS) is 29.4. The van der Waals surface area contributed by atoms with Crippen molar-refractivity contribution in [3.63, 3.8) is 0 Å². The summed E-state index contributed by atoms with van der Waals surface area (Å²) in [6, 6.07) is 11.7. The predicted molar refractivity (Wildman–Crippen MR) is 199 cm³/mol. The molecular formula is C37H50Cl2N8O2. The Morgan fingerprint density at radius 2 is 1.92 bits per heavy atom. The molecule has 0 spiro atoms. The summed E-state index contributed by atoms with van der Waals surface area (Å²) in [5.74, 6) is 2.45. The van der Waals surface area contributed by atoms with Crippen molar-refractivity contribution in [1.29, 1.82) is 0 Å². The molecule has 49 heavy (non-hydrogen) atoms. The Morgan fingerprint density at radius 1 is 1.10 bits per heavy atom. The Balaban J connectivity index is 1.18. The number of guanidine groups is 1. The van der Waals surface area contributed by atoms with Crippen molar-refractivity contribution >= 4 is 51.7 Å². The fraction of sp³-hybridized carbons (Fsp3) is 0.595. The van der Waals surface area contributed by atoms with E-state index in [1.807, 2.05) is 37.3 Å². The van der Waals surface area contributed by atoms with Crippen molar-refractivity contribution in [2.45, 2.75) is 78.0 Å². The lowest BCUT2D eigenvalue weighted by Gasteiger charge is -2.61. The number of aliphatic imine (C=N–C) groups is 1. The van der Waals surface area contributed by atoms with Crippen LogP contribution in [0.5, 0.6) is 0 Å².